The highest BCUT2D eigenvalue weighted by molar-refractivity contribution is 7.99. The molecule has 2 rings (SSSR count). The number of halogens is 2. The minimum Gasteiger partial charge on any atom is -0.327 e. The number of hydrogen-bond donors (Lipinski definition) is 1. The number of hydrogen-bond acceptors (Lipinski definition) is 2. The van der Waals surface area contributed by atoms with Crippen LogP contribution >= 0.6 is 11.8 Å². The van der Waals surface area contributed by atoms with Gasteiger partial charge in [-0.05, 0) is 66.9 Å². The third-order valence-corrected chi connectivity index (χ3v) is 4.52. The van der Waals surface area contributed by atoms with Crippen molar-refractivity contribution in [3.05, 3.63) is 35.4 Å². The van der Waals surface area contributed by atoms with Gasteiger partial charge < -0.3 is 5.73 Å². The van der Waals surface area contributed by atoms with Crippen molar-refractivity contribution in [2.45, 2.75) is 31.7 Å². The zero-order valence-corrected chi connectivity index (χ0v) is 11.2. The van der Waals surface area contributed by atoms with Crippen LogP contribution in [0.5, 0.6) is 0 Å². The standard InChI is InChI=1S/C14H19F2NS/c15-12-1-2-14(16)11(8-12)9-13(17)7-10-3-5-18-6-4-10/h1-2,8,10,13H,3-7,9,17H2. The van der Waals surface area contributed by atoms with Gasteiger partial charge >= 0.3 is 0 Å². The molecule has 1 aromatic carbocycles. The monoisotopic (exact) mass is 271 g/mol. The molecule has 1 heterocycles. The molecule has 1 saturated heterocycles. The molecule has 1 fully saturated rings. The van der Waals surface area contributed by atoms with E-state index in [1.54, 1.807) is 0 Å². The molecule has 0 radical (unpaired) electrons. The second-order valence-electron chi connectivity index (χ2n) is 4.99. The third kappa shape index (κ3) is 3.95. The van der Waals surface area contributed by atoms with Crippen molar-refractivity contribution in [3.8, 4) is 0 Å². The van der Waals surface area contributed by atoms with Crippen molar-refractivity contribution in [1.82, 2.24) is 0 Å². The molecular weight excluding hydrogens is 252 g/mol. The van der Waals surface area contributed by atoms with Crippen LogP contribution in [0.4, 0.5) is 8.78 Å². The van der Waals surface area contributed by atoms with Crippen LogP contribution in [-0.2, 0) is 6.42 Å². The highest BCUT2D eigenvalue weighted by atomic mass is 32.2. The smallest absolute Gasteiger partial charge is 0.126 e. The molecule has 1 nitrogen and oxygen atoms in total. The lowest BCUT2D eigenvalue weighted by molar-refractivity contribution is 0.403. The Morgan fingerprint density at radius 1 is 1.28 bits per heavy atom. The van der Waals surface area contributed by atoms with E-state index in [2.05, 4.69) is 0 Å². The quantitative estimate of drug-likeness (QED) is 0.908. The summed E-state index contributed by atoms with van der Waals surface area (Å²) >= 11 is 1.98. The van der Waals surface area contributed by atoms with Gasteiger partial charge in [0, 0.05) is 6.04 Å². The summed E-state index contributed by atoms with van der Waals surface area (Å²) in [5.41, 5.74) is 6.46. The second-order valence-corrected chi connectivity index (χ2v) is 6.22. The fourth-order valence-corrected chi connectivity index (χ4v) is 3.68. The van der Waals surface area contributed by atoms with Crippen LogP contribution in [0.25, 0.3) is 0 Å². The van der Waals surface area contributed by atoms with Crippen LogP contribution in [0, 0.1) is 17.6 Å². The van der Waals surface area contributed by atoms with E-state index >= 15 is 0 Å². The van der Waals surface area contributed by atoms with Crippen LogP contribution in [0.1, 0.15) is 24.8 Å². The van der Waals surface area contributed by atoms with E-state index in [0.29, 0.717) is 17.9 Å². The molecule has 18 heavy (non-hydrogen) atoms. The molecule has 1 atom stereocenters. The SMILES string of the molecule is NC(Cc1cc(F)ccc1F)CC1CCSCC1. The number of benzene rings is 1. The number of rotatable bonds is 4. The van der Waals surface area contributed by atoms with Crippen molar-refractivity contribution in [2.24, 2.45) is 11.7 Å². The molecule has 0 aromatic heterocycles. The molecular formula is C14H19F2NS. The van der Waals surface area contributed by atoms with Crippen molar-refractivity contribution >= 4 is 11.8 Å². The fourth-order valence-electron chi connectivity index (χ4n) is 2.48. The zero-order valence-electron chi connectivity index (χ0n) is 10.4. The van der Waals surface area contributed by atoms with Gasteiger partial charge in [-0.2, -0.15) is 11.8 Å². The Hall–Kier alpha value is -0.610. The van der Waals surface area contributed by atoms with Crippen LogP contribution in [0.2, 0.25) is 0 Å². The fraction of sp³-hybridized carbons (Fsp3) is 0.571. The second kappa shape index (κ2) is 6.53. The first-order valence-corrected chi connectivity index (χ1v) is 7.58. The third-order valence-electron chi connectivity index (χ3n) is 3.47. The average Bonchev–Trinajstić information content (AvgIpc) is 2.35. The van der Waals surface area contributed by atoms with Crippen LogP contribution in [0.3, 0.4) is 0 Å². The first-order valence-electron chi connectivity index (χ1n) is 6.42. The Kier molecular flexibility index (Phi) is 5.01. The first-order chi connectivity index (χ1) is 8.65. The van der Waals surface area contributed by atoms with E-state index in [9.17, 15) is 8.78 Å². The lowest BCUT2D eigenvalue weighted by Gasteiger charge is -2.24. The van der Waals surface area contributed by atoms with Crippen molar-refractivity contribution in [2.75, 3.05) is 11.5 Å². The van der Waals surface area contributed by atoms with Gasteiger partial charge in [-0.25, -0.2) is 8.78 Å². The van der Waals surface area contributed by atoms with Gasteiger partial charge in [0.05, 0.1) is 0 Å². The van der Waals surface area contributed by atoms with Gasteiger partial charge in [0.1, 0.15) is 11.6 Å². The van der Waals surface area contributed by atoms with E-state index in [-0.39, 0.29) is 11.9 Å². The van der Waals surface area contributed by atoms with Crippen molar-refractivity contribution < 1.29 is 8.78 Å². The van der Waals surface area contributed by atoms with Crippen molar-refractivity contribution in [3.63, 3.8) is 0 Å². The molecule has 0 amide bonds. The van der Waals surface area contributed by atoms with E-state index in [0.717, 1.165) is 12.5 Å². The molecule has 0 saturated carbocycles. The predicted molar refractivity (Wildman–Crippen MR) is 72.7 cm³/mol. The molecule has 1 aromatic rings. The maximum atomic E-state index is 13.5. The molecule has 1 unspecified atom stereocenters. The molecule has 1 aliphatic heterocycles. The number of nitrogens with two attached hydrogens (primary N) is 1. The minimum atomic E-state index is -0.396. The molecule has 0 bridgehead atoms. The lowest BCUT2D eigenvalue weighted by atomic mass is 9.91. The summed E-state index contributed by atoms with van der Waals surface area (Å²) in [4.78, 5) is 0. The highest BCUT2D eigenvalue weighted by Gasteiger charge is 2.18. The number of thioether (sulfide) groups is 1. The molecule has 100 valence electrons. The molecule has 4 heteroatoms. The van der Waals surface area contributed by atoms with Crippen molar-refractivity contribution in [1.29, 1.82) is 0 Å². The van der Waals surface area contributed by atoms with E-state index in [1.165, 1.54) is 36.5 Å². The Morgan fingerprint density at radius 3 is 2.72 bits per heavy atom. The Balaban J connectivity index is 1.89. The lowest BCUT2D eigenvalue weighted by Crippen LogP contribution is -2.28. The molecule has 0 spiro atoms. The normalized spacial score (nSPS) is 18.8. The summed E-state index contributed by atoms with van der Waals surface area (Å²) in [5, 5.41) is 0. The van der Waals surface area contributed by atoms with E-state index < -0.39 is 5.82 Å². The van der Waals surface area contributed by atoms with Crippen LogP contribution in [0.15, 0.2) is 18.2 Å². The molecule has 0 aliphatic carbocycles. The zero-order chi connectivity index (χ0) is 13.0. The van der Waals surface area contributed by atoms with Gasteiger partial charge in [-0.15, -0.1) is 0 Å². The summed E-state index contributed by atoms with van der Waals surface area (Å²) in [6.07, 6.45) is 3.73. The van der Waals surface area contributed by atoms with Gasteiger partial charge in [-0.1, -0.05) is 0 Å². The summed E-state index contributed by atoms with van der Waals surface area (Å²) in [5.74, 6) is 2.30. The maximum absolute atomic E-state index is 13.5. The Labute approximate surface area is 111 Å². The average molecular weight is 271 g/mol. The Morgan fingerprint density at radius 2 is 2.00 bits per heavy atom. The topological polar surface area (TPSA) is 26.0 Å². The summed E-state index contributed by atoms with van der Waals surface area (Å²) in [6.45, 7) is 0. The van der Waals surface area contributed by atoms with Crippen LogP contribution in [-0.4, -0.2) is 17.5 Å². The largest absolute Gasteiger partial charge is 0.327 e. The summed E-state index contributed by atoms with van der Waals surface area (Å²) in [6, 6.07) is 3.50. The van der Waals surface area contributed by atoms with Gasteiger partial charge in [0.15, 0.2) is 0 Å². The van der Waals surface area contributed by atoms with Gasteiger partial charge in [0.2, 0.25) is 0 Å². The first kappa shape index (κ1) is 13.8. The maximum Gasteiger partial charge on any atom is 0.126 e. The van der Waals surface area contributed by atoms with Gasteiger partial charge in [-0.3, -0.25) is 0 Å². The van der Waals surface area contributed by atoms with E-state index in [4.69, 9.17) is 5.73 Å². The predicted octanol–water partition coefficient (Wildman–Crippen LogP) is 3.37. The van der Waals surface area contributed by atoms with Gasteiger partial charge in [0.25, 0.3) is 0 Å². The van der Waals surface area contributed by atoms with Crippen LogP contribution < -0.4 is 5.73 Å². The molecule has 1 aliphatic rings. The minimum absolute atomic E-state index is 0.0746. The Bertz CT molecular complexity index is 391. The summed E-state index contributed by atoms with van der Waals surface area (Å²) < 4.78 is 26.5. The summed E-state index contributed by atoms with van der Waals surface area (Å²) in [7, 11) is 0. The molecule has 2 N–H and O–H groups in total. The highest BCUT2D eigenvalue weighted by Crippen LogP contribution is 2.26. The van der Waals surface area contributed by atoms with E-state index in [1.807, 2.05) is 11.8 Å².